The van der Waals surface area contributed by atoms with Gasteiger partial charge in [-0.2, -0.15) is 0 Å². The van der Waals surface area contributed by atoms with Crippen LogP contribution in [0, 0.1) is 6.92 Å². The fourth-order valence-electron chi connectivity index (χ4n) is 6.27. The van der Waals surface area contributed by atoms with E-state index in [-0.39, 0.29) is 18.2 Å². The number of thiophene rings is 1. The van der Waals surface area contributed by atoms with Crippen molar-refractivity contribution in [2.75, 3.05) is 44.7 Å². The number of ether oxygens (including phenoxy) is 2. The third kappa shape index (κ3) is 7.38. The first-order valence-corrected chi connectivity index (χ1v) is 17.5. The molecule has 0 amide bonds. The number of aromatic nitrogens is 2. The lowest BCUT2D eigenvalue weighted by Crippen LogP contribution is -2.46. The molecule has 0 aliphatic carbocycles. The Kier molecular flexibility index (Phi) is 9.72. The number of hydrogen-bond acceptors (Lipinski definition) is 10. The maximum atomic E-state index is 12.6. The topological polar surface area (TPSA) is 106 Å². The van der Waals surface area contributed by atoms with Gasteiger partial charge in [0.15, 0.2) is 17.3 Å². The average molecular weight is 681 g/mol. The number of fused-ring (bicyclic) bond motifs is 1. The summed E-state index contributed by atoms with van der Waals surface area (Å²) in [6, 6.07) is 26.5. The first kappa shape index (κ1) is 32.5. The maximum absolute atomic E-state index is 12.6. The van der Waals surface area contributed by atoms with Crippen LogP contribution in [0.1, 0.15) is 29.2 Å². The Morgan fingerprint density at radius 2 is 1.69 bits per heavy atom. The number of piperazine rings is 1. The van der Waals surface area contributed by atoms with E-state index >= 15 is 0 Å². The fourth-order valence-corrected chi connectivity index (χ4v) is 7.26. The quantitative estimate of drug-likeness (QED) is 0.139. The van der Waals surface area contributed by atoms with E-state index in [1.165, 1.54) is 15.0 Å². The third-order valence-electron chi connectivity index (χ3n) is 9.05. The minimum Gasteiger partial charge on any atom is -0.493 e. The van der Waals surface area contributed by atoms with Gasteiger partial charge in [0.2, 0.25) is 11.8 Å². The van der Waals surface area contributed by atoms with Gasteiger partial charge in [-0.1, -0.05) is 42.5 Å². The van der Waals surface area contributed by atoms with Gasteiger partial charge in [-0.15, -0.1) is 11.3 Å². The summed E-state index contributed by atoms with van der Waals surface area (Å²) in [6.45, 7) is 7.22. The van der Waals surface area contributed by atoms with Gasteiger partial charge in [0, 0.05) is 49.5 Å². The van der Waals surface area contributed by atoms with E-state index in [1.807, 2.05) is 43.3 Å². The SMILES string of the molecule is COc1ccc(CCc2oc(=O)n(CCCN3CCN(c4ccccc4)CC3)c2O)cc1OCc1nc(-c2cc3ccccc3s2)oc1C. The Morgan fingerprint density at radius 3 is 2.49 bits per heavy atom. The zero-order valence-electron chi connectivity index (χ0n) is 27.8. The van der Waals surface area contributed by atoms with Gasteiger partial charge in [-0.05, 0) is 73.7 Å². The molecule has 11 heteroatoms. The van der Waals surface area contributed by atoms with Gasteiger partial charge in [-0.3, -0.25) is 4.90 Å². The van der Waals surface area contributed by atoms with Crippen LogP contribution in [-0.2, 0) is 26.0 Å². The highest BCUT2D eigenvalue weighted by Crippen LogP contribution is 2.35. The van der Waals surface area contributed by atoms with Crippen LogP contribution in [0.25, 0.3) is 20.9 Å². The summed E-state index contributed by atoms with van der Waals surface area (Å²) in [6.07, 6.45) is 1.64. The van der Waals surface area contributed by atoms with E-state index in [0.29, 0.717) is 48.2 Å². The summed E-state index contributed by atoms with van der Waals surface area (Å²) in [4.78, 5) is 23.1. The summed E-state index contributed by atoms with van der Waals surface area (Å²) in [5.74, 6) is 2.09. The molecule has 0 radical (unpaired) electrons. The van der Waals surface area contributed by atoms with E-state index in [1.54, 1.807) is 18.4 Å². The average Bonchev–Trinajstić information content (AvgIpc) is 3.81. The number of anilines is 1. The zero-order chi connectivity index (χ0) is 33.7. The molecule has 1 fully saturated rings. The summed E-state index contributed by atoms with van der Waals surface area (Å²) >= 11 is 1.64. The first-order valence-electron chi connectivity index (χ1n) is 16.6. The predicted molar refractivity (Wildman–Crippen MR) is 191 cm³/mol. The van der Waals surface area contributed by atoms with E-state index < -0.39 is 5.76 Å². The smallest absolute Gasteiger partial charge is 0.422 e. The lowest BCUT2D eigenvalue weighted by atomic mass is 10.1. The standard InChI is InChI=1S/C38H40N4O6S/c1-26-30(39-36(47-26)35-24-28-9-6-7-12-34(28)49-35)25-46-33-23-27(13-15-31(33)45-2)14-16-32-37(43)42(38(44)48-32)18-8-17-40-19-21-41(22-20-40)29-10-4-3-5-11-29/h3-7,9-13,15,23-24,43H,8,14,16-22,25H2,1-2H3. The molecule has 0 spiro atoms. The van der Waals surface area contributed by atoms with E-state index in [0.717, 1.165) is 55.0 Å². The van der Waals surface area contributed by atoms with Crippen molar-refractivity contribution in [2.24, 2.45) is 0 Å². The summed E-state index contributed by atoms with van der Waals surface area (Å²) in [5.41, 5.74) is 2.91. The Hall–Kier alpha value is -5.00. The van der Waals surface area contributed by atoms with Crippen LogP contribution >= 0.6 is 11.3 Å². The number of oxazole rings is 2. The minimum absolute atomic E-state index is 0.0974. The lowest BCUT2D eigenvalue weighted by Gasteiger charge is -2.36. The molecule has 0 atom stereocenters. The second-order valence-electron chi connectivity index (χ2n) is 12.2. The van der Waals surface area contributed by atoms with Crippen LogP contribution in [0.4, 0.5) is 5.69 Å². The van der Waals surface area contributed by atoms with Gasteiger partial charge >= 0.3 is 5.76 Å². The number of nitrogens with zero attached hydrogens (tertiary/aromatic N) is 4. The van der Waals surface area contributed by atoms with Crippen LogP contribution in [0.15, 0.2) is 92.5 Å². The van der Waals surface area contributed by atoms with E-state index in [2.05, 4.69) is 52.3 Å². The summed E-state index contributed by atoms with van der Waals surface area (Å²) in [7, 11) is 1.60. The van der Waals surface area contributed by atoms with Crippen LogP contribution < -0.4 is 20.1 Å². The van der Waals surface area contributed by atoms with Gasteiger partial charge < -0.3 is 28.3 Å². The number of benzene rings is 3. The molecule has 7 rings (SSSR count). The molecule has 3 aromatic heterocycles. The van der Waals surface area contributed by atoms with Gasteiger partial charge in [0.1, 0.15) is 18.1 Å². The van der Waals surface area contributed by atoms with Crippen LogP contribution in [0.2, 0.25) is 0 Å². The molecule has 49 heavy (non-hydrogen) atoms. The lowest BCUT2D eigenvalue weighted by molar-refractivity contribution is 0.247. The zero-order valence-corrected chi connectivity index (χ0v) is 28.6. The Bertz CT molecular complexity index is 2040. The molecule has 0 unspecified atom stereocenters. The molecule has 1 saturated heterocycles. The number of para-hydroxylation sites is 1. The summed E-state index contributed by atoms with van der Waals surface area (Å²) < 4.78 is 25.8. The molecule has 10 nitrogen and oxygen atoms in total. The molecule has 254 valence electrons. The summed E-state index contributed by atoms with van der Waals surface area (Å²) in [5, 5.41) is 12.0. The molecule has 0 saturated carbocycles. The Balaban J connectivity index is 0.930. The van der Waals surface area contributed by atoms with Crippen molar-refractivity contribution in [2.45, 2.75) is 39.3 Å². The molecule has 4 heterocycles. The molecular formula is C38H40N4O6S. The molecule has 1 N–H and O–H groups in total. The number of hydrogen-bond donors (Lipinski definition) is 1. The van der Waals surface area contributed by atoms with Gasteiger partial charge in [0.25, 0.3) is 0 Å². The molecule has 1 aliphatic heterocycles. The number of methoxy groups -OCH3 is 1. The van der Waals surface area contributed by atoms with Crippen LogP contribution in [-0.4, -0.2) is 59.4 Å². The van der Waals surface area contributed by atoms with Gasteiger partial charge in [-0.25, -0.2) is 14.3 Å². The molecule has 3 aromatic carbocycles. The molecular weight excluding hydrogens is 641 g/mol. The second kappa shape index (κ2) is 14.6. The maximum Gasteiger partial charge on any atom is 0.422 e. The van der Waals surface area contributed by atoms with E-state index in [4.69, 9.17) is 23.3 Å². The van der Waals surface area contributed by atoms with Crippen molar-refractivity contribution >= 4 is 27.1 Å². The van der Waals surface area contributed by atoms with Crippen molar-refractivity contribution in [3.63, 3.8) is 0 Å². The van der Waals surface area contributed by atoms with Gasteiger partial charge in [0.05, 0.1) is 12.0 Å². The van der Waals surface area contributed by atoms with Crippen molar-refractivity contribution < 1.29 is 23.4 Å². The van der Waals surface area contributed by atoms with Crippen molar-refractivity contribution in [3.05, 3.63) is 112 Å². The molecule has 1 aliphatic rings. The van der Waals surface area contributed by atoms with E-state index in [9.17, 15) is 9.90 Å². The van der Waals surface area contributed by atoms with Crippen LogP contribution in [0.3, 0.4) is 0 Å². The van der Waals surface area contributed by atoms with Crippen molar-refractivity contribution in [1.29, 1.82) is 0 Å². The monoisotopic (exact) mass is 680 g/mol. The first-order chi connectivity index (χ1) is 23.9. The Morgan fingerprint density at radius 1 is 0.898 bits per heavy atom. The fraction of sp³-hybridized carbons (Fsp3) is 0.316. The highest BCUT2D eigenvalue weighted by Gasteiger charge is 2.20. The van der Waals surface area contributed by atoms with Crippen molar-refractivity contribution in [3.8, 4) is 28.1 Å². The minimum atomic E-state index is -0.529. The third-order valence-corrected chi connectivity index (χ3v) is 10.2. The molecule has 6 aromatic rings. The Labute approximate surface area is 288 Å². The van der Waals surface area contributed by atoms with Crippen LogP contribution in [0.5, 0.6) is 17.4 Å². The molecule has 0 bridgehead atoms. The largest absolute Gasteiger partial charge is 0.493 e. The number of rotatable bonds is 13. The predicted octanol–water partition coefficient (Wildman–Crippen LogP) is 6.91. The normalized spacial score (nSPS) is 13.7. The highest BCUT2D eigenvalue weighted by molar-refractivity contribution is 7.22. The van der Waals surface area contributed by atoms with Crippen molar-refractivity contribution in [1.82, 2.24) is 14.5 Å². The number of aromatic hydroxyl groups is 1. The highest BCUT2D eigenvalue weighted by atomic mass is 32.1. The second-order valence-corrected chi connectivity index (χ2v) is 13.3. The number of aryl methyl sites for hydroxylation is 3.